The van der Waals surface area contributed by atoms with E-state index in [4.69, 9.17) is 11.6 Å². The summed E-state index contributed by atoms with van der Waals surface area (Å²) in [7, 11) is 3.27. The first-order valence-electron chi connectivity index (χ1n) is 9.16. The number of nitrogens with one attached hydrogen (secondary N) is 2. The highest BCUT2D eigenvalue weighted by molar-refractivity contribution is 6.30. The first-order valence-corrected chi connectivity index (χ1v) is 9.54. The number of rotatable bonds is 4. The molecule has 0 fully saturated rings. The molecule has 0 radical (unpaired) electrons. The summed E-state index contributed by atoms with van der Waals surface area (Å²) in [5.41, 5.74) is 6.41. The van der Waals surface area contributed by atoms with Crippen molar-refractivity contribution >= 4 is 40.6 Å². The third kappa shape index (κ3) is 9.73. The highest BCUT2D eigenvalue weighted by atomic mass is 35.5. The van der Waals surface area contributed by atoms with Crippen molar-refractivity contribution in [3.63, 3.8) is 0 Å². The second-order valence-corrected chi connectivity index (χ2v) is 5.84. The van der Waals surface area contributed by atoms with E-state index < -0.39 is 0 Å². The minimum Gasteiger partial charge on any atom is -0.333 e. The maximum absolute atomic E-state index is 12.2. The van der Waals surface area contributed by atoms with Gasteiger partial charge in [-0.25, -0.2) is 0 Å². The summed E-state index contributed by atoms with van der Waals surface area (Å²) in [4.78, 5) is 23.2. The number of halogens is 1. The molecule has 2 aromatic carbocycles. The van der Waals surface area contributed by atoms with E-state index in [0.717, 1.165) is 5.69 Å². The standard InChI is InChI=1S/C18H19ClN4O2.C2H6.CH5N/c1-12(22-23(3)17-6-4-5-15(19)11-17)20-18(25)14-7-9-16(10-8-14)21-13(2)24;2*1-2/h4-11H,1-3H3,(H,21,24)(H,20,22,25);1-2H3;2H2,1H3. The lowest BCUT2D eigenvalue weighted by Gasteiger charge is -2.15. The van der Waals surface area contributed by atoms with Gasteiger partial charge < -0.3 is 16.4 Å². The largest absolute Gasteiger partial charge is 0.333 e. The predicted octanol–water partition coefficient (Wildman–Crippen LogP) is 4.10. The molecule has 0 spiro atoms. The molecule has 2 rings (SSSR count). The van der Waals surface area contributed by atoms with Crippen molar-refractivity contribution in [3.8, 4) is 0 Å². The second kappa shape index (κ2) is 14.1. The Morgan fingerprint density at radius 2 is 1.62 bits per heavy atom. The number of amidine groups is 1. The number of nitrogens with zero attached hydrogens (tertiary/aromatic N) is 2. The molecule has 4 N–H and O–H groups in total. The van der Waals surface area contributed by atoms with Crippen molar-refractivity contribution in [3.05, 3.63) is 59.1 Å². The molecule has 0 aliphatic heterocycles. The van der Waals surface area contributed by atoms with Crippen LogP contribution in [0.25, 0.3) is 0 Å². The van der Waals surface area contributed by atoms with Crippen LogP contribution in [0, 0.1) is 0 Å². The lowest BCUT2D eigenvalue weighted by atomic mass is 10.2. The van der Waals surface area contributed by atoms with Crippen LogP contribution in [-0.4, -0.2) is 31.7 Å². The zero-order chi connectivity index (χ0) is 22.4. The fraction of sp³-hybridized carbons (Fsp3) is 0.286. The minimum atomic E-state index is -0.282. The topological polar surface area (TPSA) is 99.8 Å². The molecule has 0 aromatic heterocycles. The Bertz CT molecular complexity index is 807. The Hall–Kier alpha value is -2.90. The zero-order valence-corrected chi connectivity index (χ0v) is 18.5. The van der Waals surface area contributed by atoms with Gasteiger partial charge in [-0.15, -0.1) is 0 Å². The van der Waals surface area contributed by atoms with Crippen LogP contribution >= 0.6 is 11.6 Å². The molecular weight excluding hydrogens is 390 g/mol. The summed E-state index contributed by atoms with van der Waals surface area (Å²) in [6.07, 6.45) is 0. The highest BCUT2D eigenvalue weighted by Gasteiger charge is 2.08. The summed E-state index contributed by atoms with van der Waals surface area (Å²) in [6, 6.07) is 13.9. The van der Waals surface area contributed by atoms with Gasteiger partial charge in [0.05, 0.1) is 5.69 Å². The maximum Gasteiger partial charge on any atom is 0.256 e. The van der Waals surface area contributed by atoms with Gasteiger partial charge in [-0.2, -0.15) is 5.10 Å². The summed E-state index contributed by atoms with van der Waals surface area (Å²) in [5.74, 6) is -0.00207. The third-order valence-corrected chi connectivity index (χ3v) is 3.48. The van der Waals surface area contributed by atoms with Crippen LogP contribution in [-0.2, 0) is 4.79 Å². The van der Waals surface area contributed by atoms with E-state index in [2.05, 4.69) is 21.5 Å². The Kier molecular flexibility index (Phi) is 12.7. The first-order chi connectivity index (χ1) is 13.8. The number of anilines is 2. The lowest BCUT2D eigenvalue weighted by molar-refractivity contribution is -0.114. The van der Waals surface area contributed by atoms with Crippen molar-refractivity contribution in [1.29, 1.82) is 0 Å². The van der Waals surface area contributed by atoms with Gasteiger partial charge in [0.15, 0.2) is 0 Å². The first kappa shape index (κ1) is 26.1. The molecule has 0 atom stereocenters. The van der Waals surface area contributed by atoms with Crippen molar-refractivity contribution in [1.82, 2.24) is 5.32 Å². The second-order valence-electron chi connectivity index (χ2n) is 5.40. The lowest BCUT2D eigenvalue weighted by Crippen LogP contribution is -2.30. The zero-order valence-electron chi connectivity index (χ0n) is 17.8. The molecule has 0 saturated carbocycles. The van der Waals surface area contributed by atoms with E-state index in [1.54, 1.807) is 55.4 Å². The molecule has 29 heavy (non-hydrogen) atoms. The van der Waals surface area contributed by atoms with E-state index in [9.17, 15) is 9.59 Å². The molecular formula is C21H30ClN5O2. The van der Waals surface area contributed by atoms with Crippen LogP contribution in [0.15, 0.2) is 53.6 Å². The fourth-order valence-electron chi connectivity index (χ4n) is 2.13. The third-order valence-electron chi connectivity index (χ3n) is 3.24. The van der Waals surface area contributed by atoms with Gasteiger partial charge in [0.2, 0.25) is 5.91 Å². The Morgan fingerprint density at radius 3 is 2.14 bits per heavy atom. The molecule has 0 bridgehead atoms. The molecule has 158 valence electrons. The van der Waals surface area contributed by atoms with Crippen LogP contribution in [0.4, 0.5) is 11.4 Å². The van der Waals surface area contributed by atoms with Gasteiger partial charge in [0, 0.05) is 30.2 Å². The number of hydrogen-bond donors (Lipinski definition) is 3. The Balaban J connectivity index is 0.00000184. The smallest absolute Gasteiger partial charge is 0.256 e. The SMILES string of the molecule is CC.CC(=O)Nc1ccc(C(=O)N/C(C)=N/N(C)c2cccc(Cl)c2)cc1.CN. The number of carbonyl (C=O) groups is 2. The van der Waals surface area contributed by atoms with Gasteiger partial charge >= 0.3 is 0 Å². The number of nitrogens with two attached hydrogens (primary N) is 1. The molecule has 0 unspecified atom stereocenters. The van der Waals surface area contributed by atoms with Crippen molar-refractivity contribution in [2.45, 2.75) is 27.7 Å². The van der Waals surface area contributed by atoms with E-state index in [1.165, 1.54) is 14.0 Å². The molecule has 2 amide bonds. The molecule has 8 heteroatoms. The summed E-state index contributed by atoms with van der Waals surface area (Å²) in [5, 5.41) is 11.9. The van der Waals surface area contributed by atoms with Crippen LogP contribution in [0.3, 0.4) is 0 Å². The van der Waals surface area contributed by atoms with E-state index in [1.807, 2.05) is 26.0 Å². The Morgan fingerprint density at radius 1 is 1.03 bits per heavy atom. The van der Waals surface area contributed by atoms with E-state index >= 15 is 0 Å². The van der Waals surface area contributed by atoms with Crippen molar-refractivity contribution in [2.24, 2.45) is 10.8 Å². The molecule has 0 heterocycles. The maximum atomic E-state index is 12.2. The highest BCUT2D eigenvalue weighted by Crippen LogP contribution is 2.18. The molecule has 0 aliphatic carbocycles. The number of benzene rings is 2. The molecule has 0 aliphatic rings. The number of hydrazone groups is 1. The van der Waals surface area contributed by atoms with Crippen molar-refractivity contribution < 1.29 is 9.59 Å². The summed E-state index contributed by atoms with van der Waals surface area (Å²) < 4.78 is 0. The van der Waals surface area contributed by atoms with Crippen LogP contribution in [0.1, 0.15) is 38.1 Å². The number of hydrogen-bond acceptors (Lipinski definition) is 5. The van der Waals surface area contributed by atoms with Gasteiger partial charge in [-0.3, -0.25) is 14.6 Å². The Labute approximate surface area is 177 Å². The monoisotopic (exact) mass is 419 g/mol. The normalized spacial score (nSPS) is 9.86. The summed E-state index contributed by atoms with van der Waals surface area (Å²) in [6.45, 7) is 7.13. The van der Waals surface area contributed by atoms with Gasteiger partial charge in [-0.05, 0) is 56.4 Å². The predicted molar refractivity (Wildman–Crippen MR) is 123 cm³/mol. The van der Waals surface area contributed by atoms with Crippen LogP contribution < -0.4 is 21.4 Å². The van der Waals surface area contributed by atoms with Crippen molar-refractivity contribution in [2.75, 3.05) is 24.4 Å². The molecule has 2 aromatic rings. The average molecular weight is 420 g/mol. The van der Waals surface area contributed by atoms with Gasteiger partial charge in [0.25, 0.3) is 5.91 Å². The fourth-order valence-corrected chi connectivity index (χ4v) is 2.31. The van der Waals surface area contributed by atoms with E-state index in [0.29, 0.717) is 22.1 Å². The number of carbonyl (C=O) groups excluding carboxylic acids is 2. The van der Waals surface area contributed by atoms with Crippen LogP contribution in [0.5, 0.6) is 0 Å². The van der Waals surface area contributed by atoms with E-state index in [-0.39, 0.29) is 11.8 Å². The quantitative estimate of drug-likeness (QED) is 0.394. The van der Waals surface area contributed by atoms with Gasteiger partial charge in [0.1, 0.15) is 5.84 Å². The average Bonchev–Trinajstić information content (AvgIpc) is 2.71. The summed E-state index contributed by atoms with van der Waals surface area (Å²) >= 11 is 5.96. The minimum absolute atomic E-state index is 0.163. The molecule has 7 nitrogen and oxygen atoms in total. The number of amides is 2. The van der Waals surface area contributed by atoms with Crippen LogP contribution in [0.2, 0.25) is 5.02 Å². The van der Waals surface area contributed by atoms with Gasteiger partial charge in [-0.1, -0.05) is 31.5 Å². The molecule has 0 saturated heterocycles.